The Morgan fingerprint density at radius 2 is 2.04 bits per heavy atom. The summed E-state index contributed by atoms with van der Waals surface area (Å²) in [6.07, 6.45) is 22.7. The Kier molecular flexibility index (Phi) is 3.19. The van der Waals surface area contributed by atoms with Crippen molar-refractivity contribution in [3.05, 3.63) is 46.8 Å². The van der Waals surface area contributed by atoms with Crippen LogP contribution in [0, 0.1) is 23.7 Å². The van der Waals surface area contributed by atoms with Crippen molar-refractivity contribution in [2.75, 3.05) is 6.54 Å². The Labute approximate surface area is 151 Å². The zero-order valence-electron chi connectivity index (χ0n) is 15.0. The third-order valence-corrected chi connectivity index (χ3v) is 7.54. The number of nitrogens with zero attached hydrogens (tertiary/aromatic N) is 2. The van der Waals surface area contributed by atoms with Gasteiger partial charge in [-0.15, -0.1) is 0 Å². The van der Waals surface area contributed by atoms with Crippen molar-refractivity contribution in [1.82, 2.24) is 4.90 Å². The summed E-state index contributed by atoms with van der Waals surface area (Å²) in [6, 6.07) is 0.586. The smallest absolute Gasteiger partial charge is 0.0585 e. The molecule has 0 aromatic rings. The molecule has 0 aromatic heterocycles. The average Bonchev–Trinajstić information content (AvgIpc) is 3.43. The minimum atomic E-state index is 0.586. The van der Waals surface area contributed by atoms with Crippen molar-refractivity contribution in [3.8, 4) is 0 Å². The molecule has 0 bridgehead atoms. The average molecular weight is 332 g/mol. The highest BCUT2D eigenvalue weighted by atomic mass is 15.2. The Bertz CT molecular complexity index is 746. The van der Waals surface area contributed by atoms with Crippen LogP contribution in [-0.4, -0.2) is 23.7 Å². The summed E-state index contributed by atoms with van der Waals surface area (Å²) in [5.41, 5.74) is 6.74. The van der Waals surface area contributed by atoms with E-state index in [-0.39, 0.29) is 0 Å². The van der Waals surface area contributed by atoms with Gasteiger partial charge in [-0.3, -0.25) is 4.99 Å². The SMILES string of the molecule is C1=CC2=CCC3=C4[C@H](CCC3CC3CC3)[C@H]3CN=CC=C3N4C2CC1. The van der Waals surface area contributed by atoms with Gasteiger partial charge >= 0.3 is 0 Å². The molecule has 0 N–H and O–H groups in total. The molecule has 0 radical (unpaired) electrons. The first-order valence-corrected chi connectivity index (χ1v) is 10.5. The highest BCUT2D eigenvalue weighted by Crippen LogP contribution is 2.56. The minimum Gasteiger partial charge on any atom is -0.341 e. The molecule has 2 heteroatoms. The van der Waals surface area contributed by atoms with Crippen molar-refractivity contribution in [2.24, 2.45) is 28.7 Å². The molecule has 6 rings (SSSR count). The molecule has 3 aliphatic heterocycles. The summed E-state index contributed by atoms with van der Waals surface area (Å²) in [5, 5.41) is 0. The van der Waals surface area contributed by atoms with E-state index >= 15 is 0 Å². The van der Waals surface area contributed by atoms with Gasteiger partial charge in [-0.05, 0) is 67.6 Å². The van der Waals surface area contributed by atoms with Crippen molar-refractivity contribution < 1.29 is 0 Å². The summed E-state index contributed by atoms with van der Waals surface area (Å²) in [7, 11) is 0. The Morgan fingerprint density at radius 3 is 2.96 bits per heavy atom. The number of dihydropyridines is 1. The second-order valence-corrected chi connectivity index (χ2v) is 8.96. The molecule has 0 aromatic carbocycles. The molecule has 3 heterocycles. The molecular formula is C23H28N2. The van der Waals surface area contributed by atoms with E-state index in [9.17, 15) is 0 Å². The quantitative estimate of drug-likeness (QED) is 0.693. The number of hydrogen-bond donors (Lipinski definition) is 0. The summed E-state index contributed by atoms with van der Waals surface area (Å²) in [5.74, 6) is 3.28. The van der Waals surface area contributed by atoms with Crippen LogP contribution in [0.4, 0.5) is 0 Å². The maximum atomic E-state index is 4.65. The first-order valence-electron chi connectivity index (χ1n) is 10.5. The molecule has 4 atom stereocenters. The lowest BCUT2D eigenvalue weighted by Gasteiger charge is -2.37. The molecule has 6 aliphatic rings. The van der Waals surface area contributed by atoms with Crippen LogP contribution in [0.1, 0.15) is 51.4 Å². The van der Waals surface area contributed by atoms with Crippen LogP contribution in [-0.2, 0) is 0 Å². The third-order valence-electron chi connectivity index (χ3n) is 7.54. The van der Waals surface area contributed by atoms with Crippen molar-refractivity contribution in [3.63, 3.8) is 0 Å². The molecule has 2 fully saturated rings. The van der Waals surface area contributed by atoms with E-state index in [0.29, 0.717) is 12.0 Å². The predicted octanol–water partition coefficient (Wildman–Crippen LogP) is 5.02. The molecule has 1 saturated heterocycles. The fraction of sp³-hybridized carbons (Fsp3) is 0.609. The monoisotopic (exact) mass is 332 g/mol. The van der Waals surface area contributed by atoms with Crippen molar-refractivity contribution in [2.45, 2.75) is 57.4 Å². The van der Waals surface area contributed by atoms with E-state index in [4.69, 9.17) is 0 Å². The van der Waals surface area contributed by atoms with Gasteiger partial charge in [0.1, 0.15) is 0 Å². The van der Waals surface area contributed by atoms with Gasteiger partial charge in [0.05, 0.1) is 6.04 Å². The van der Waals surface area contributed by atoms with E-state index in [1.54, 1.807) is 17.0 Å². The Morgan fingerprint density at radius 1 is 1.08 bits per heavy atom. The predicted molar refractivity (Wildman–Crippen MR) is 102 cm³/mol. The molecule has 1 saturated carbocycles. The number of fused-ring (bicyclic) bond motifs is 5. The van der Waals surface area contributed by atoms with Gasteiger partial charge in [0.15, 0.2) is 0 Å². The molecule has 0 amide bonds. The molecular weight excluding hydrogens is 304 g/mol. The van der Waals surface area contributed by atoms with Gasteiger partial charge in [0, 0.05) is 36.0 Å². The Balaban J connectivity index is 1.50. The van der Waals surface area contributed by atoms with Crippen LogP contribution < -0.4 is 0 Å². The van der Waals surface area contributed by atoms with E-state index in [0.717, 1.165) is 24.3 Å². The zero-order valence-corrected chi connectivity index (χ0v) is 15.0. The zero-order chi connectivity index (χ0) is 16.4. The van der Waals surface area contributed by atoms with Crippen molar-refractivity contribution >= 4 is 6.21 Å². The van der Waals surface area contributed by atoms with E-state index in [1.807, 2.05) is 5.57 Å². The summed E-state index contributed by atoms with van der Waals surface area (Å²) in [6.45, 7) is 1.01. The lowest BCUT2D eigenvalue weighted by Crippen LogP contribution is -2.34. The van der Waals surface area contributed by atoms with E-state index < -0.39 is 0 Å². The number of allylic oxidation sites excluding steroid dienone is 5. The van der Waals surface area contributed by atoms with Crippen LogP contribution in [0.3, 0.4) is 0 Å². The maximum Gasteiger partial charge on any atom is 0.0585 e. The normalized spacial score (nSPS) is 38.6. The fourth-order valence-corrected chi connectivity index (χ4v) is 6.21. The van der Waals surface area contributed by atoms with Gasteiger partial charge in [-0.25, -0.2) is 0 Å². The third kappa shape index (κ3) is 2.19. The second-order valence-electron chi connectivity index (χ2n) is 8.96. The lowest BCUT2D eigenvalue weighted by molar-refractivity contribution is 0.309. The highest BCUT2D eigenvalue weighted by Gasteiger charge is 2.49. The minimum absolute atomic E-state index is 0.586. The number of rotatable bonds is 2. The second kappa shape index (κ2) is 5.46. The van der Waals surface area contributed by atoms with E-state index in [1.165, 1.54) is 51.4 Å². The molecule has 25 heavy (non-hydrogen) atoms. The fourth-order valence-electron chi connectivity index (χ4n) is 6.21. The van der Waals surface area contributed by atoms with Crippen LogP contribution in [0.2, 0.25) is 0 Å². The molecule has 2 nitrogen and oxygen atoms in total. The van der Waals surface area contributed by atoms with E-state index in [2.05, 4.69) is 40.4 Å². The molecule has 0 spiro atoms. The summed E-state index contributed by atoms with van der Waals surface area (Å²) in [4.78, 5) is 7.47. The first-order chi connectivity index (χ1) is 12.4. The van der Waals surface area contributed by atoms with Crippen LogP contribution in [0.5, 0.6) is 0 Å². The maximum absolute atomic E-state index is 4.65. The van der Waals surface area contributed by atoms with Gasteiger partial charge in [-0.2, -0.15) is 0 Å². The molecule has 130 valence electrons. The van der Waals surface area contributed by atoms with Gasteiger partial charge < -0.3 is 4.90 Å². The Hall–Kier alpha value is -1.57. The van der Waals surface area contributed by atoms with Gasteiger partial charge in [0.25, 0.3) is 0 Å². The van der Waals surface area contributed by atoms with Crippen LogP contribution >= 0.6 is 0 Å². The summed E-state index contributed by atoms with van der Waals surface area (Å²) >= 11 is 0. The standard InChI is InChI=1S/C23H28N2/c1-2-4-21-16(3-1)7-9-18-17(13-15-5-6-15)8-10-19-20-14-24-12-11-22(20)25(21)23(18)19/h1,3,7,11-12,15,17,19-21H,2,4-6,8-10,13-14H2/t17?,19-,20-,21?/m1/s1. The van der Waals surface area contributed by atoms with Gasteiger partial charge in [0.2, 0.25) is 0 Å². The van der Waals surface area contributed by atoms with Gasteiger partial charge in [-0.1, -0.05) is 31.1 Å². The van der Waals surface area contributed by atoms with Crippen molar-refractivity contribution in [1.29, 1.82) is 0 Å². The molecule has 2 unspecified atom stereocenters. The molecule has 3 aliphatic carbocycles. The van der Waals surface area contributed by atoms with Crippen LogP contribution in [0.15, 0.2) is 51.8 Å². The largest absolute Gasteiger partial charge is 0.341 e. The highest BCUT2D eigenvalue weighted by molar-refractivity contribution is 5.74. The van der Waals surface area contributed by atoms with Crippen LogP contribution in [0.25, 0.3) is 0 Å². The first kappa shape index (κ1) is 14.6. The lowest BCUT2D eigenvalue weighted by atomic mass is 9.73. The number of aliphatic imine (C=N–C) groups is 1. The topological polar surface area (TPSA) is 15.6 Å². The number of hydrogen-bond acceptors (Lipinski definition) is 2. The summed E-state index contributed by atoms with van der Waals surface area (Å²) < 4.78 is 0.